The summed E-state index contributed by atoms with van der Waals surface area (Å²) in [5.74, 6) is 1.00. The zero-order valence-electron chi connectivity index (χ0n) is 20.9. The lowest BCUT2D eigenvalue weighted by Gasteiger charge is -2.16. The summed E-state index contributed by atoms with van der Waals surface area (Å²) in [5.41, 5.74) is 2.31. The molecule has 0 fully saturated rings. The van der Waals surface area contributed by atoms with Gasteiger partial charge in [0.05, 0.1) is 18.1 Å². The molecule has 0 radical (unpaired) electrons. The van der Waals surface area contributed by atoms with Crippen LogP contribution < -0.4 is 19.8 Å². The first-order chi connectivity index (χ1) is 15.8. The van der Waals surface area contributed by atoms with Crippen LogP contribution in [0.4, 0.5) is 0 Å². The summed E-state index contributed by atoms with van der Waals surface area (Å²) in [7, 11) is 0. The van der Waals surface area contributed by atoms with Gasteiger partial charge in [-0.05, 0) is 78.5 Å². The van der Waals surface area contributed by atoms with E-state index in [1.54, 1.807) is 6.07 Å². The number of rotatable bonds is 13. The molecule has 0 aliphatic carbocycles. The van der Waals surface area contributed by atoms with Gasteiger partial charge in [-0.3, -0.25) is 0 Å². The minimum Gasteiger partial charge on any atom is -0.489 e. The molecule has 0 atom stereocenters. The molecule has 0 amide bonds. The lowest BCUT2D eigenvalue weighted by molar-refractivity contribution is 0.224. The van der Waals surface area contributed by atoms with Crippen LogP contribution in [-0.2, 0) is 0 Å². The van der Waals surface area contributed by atoms with Crippen LogP contribution in [0.2, 0.25) is 0 Å². The molecule has 0 aliphatic rings. The average molecular weight is 455 g/mol. The van der Waals surface area contributed by atoms with Crippen molar-refractivity contribution in [2.75, 3.05) is 13.2 Å². The standard InChI is InChI=1S/C28H38O5/c1-7-8-9-10-18-30-24-16-12-15-23-25(24)33-28(29)27(26(23)32-21(4)5)31-19-17-22(6)14-11-13-20(2)3/h8-9,12-13,15-17,21H,7,10-11,14,18-19H2,1-6H3/b9-8?,22-17+. The van der Waals surface area contributed by atoms with Gasteiger partial charge in [-0.2, -0.15) is 0 Å². The van der Waals surface area contributed by atoms with Crippen molar-refractivity contribution in [2.24, 2.45) is 0 Å². The molecule has 2 aromatic rings. The summed E-state index contributed by atoms with van der Waals surface area (Å²) >= 11 is 0. The molecule has 0 spiro atoms. The van der Waals surface area contributed by atoms with Crippen molar-refractivity contribution < 1.29 is 18.6 Å². The number of allylic oxidation sites excluding steroid dienone is 4. The van der Waals surface area contributed by atoms with Crippen LogP contribution in [0.25, 0.3) is 11.0 Å². The summed E-state index contributed by atoms with van der Waals surface area (Å²) in [5, 5.41) is 0.657. The Bertz CT molecular complexity index is 1040. The van der Waals surface area contributed by atoms with Gasteiger partial charge in [0, 0.05) is 0 Å². The fourth-order valence-electron chi connectivity index (χ4n) is 3.22. The summed E-state index contributed by atoms with van der Waals surface area (Å²) in [4.78, 5) is 12.9. The second-order valence-electron chi connectivity index (χ2n) is 8.55. The van der Waals surface area contributed by atoms with E-state index < -0.39 is 5.63 Å². The Morgan fingerprint density at radius 2 is 1.82 bits per heavy atom. The molecular formula is C28H38O5. The van der Waals surface area contributed by atoms with E-state index >= 15 is 0 Å². The van der Waals surface area contributed by atoms with Gasteiger partial charge in [0.2, 0.25) is 5.75 Å². The Hall–Kier alpha value is -2.95. The van der Waals surface area contributed by atoms with E-state index in [2.05, 4.69) is 45.9 Å². The average Bonchev–Trinajstić information content (AvgIpc) is 2.75. The van der Waals surface area contributed by atoms with E-state index in [0.717, 1.165) is 25.7 Å². The fourth-order valence-corrected chi connectivity index (χ4v) is 3.22. The molecule has 0 unspecified atom stereocenters. The van der Waals surface area contributed by atoms with Gasteiger partial charge < -0.3 is 18.6 Å². The Morgan fingerprint density at radius 1 is 1.03 bits per heavy atom. The summed E-state index contributed by atoms with van der Waals surface area (Å²) in [6, 6.07) is 5.52. The van der Waals surface area contributed by atoms with Gasteiger partial charge in [-0.1, -0.05) is 42.4 Å². The highest BCUT2D eigenvalue weighted by Crippen LogP contribution is 2.37. The monoisotopic (exact) mass is 454 g/mol. The molecule has 5 nitrogen and oxygen atoms in total. The topological polar surface area (TPSA) is 57.9 Å². The second-order valence-corrected chi connectivity index (χ2v) is 8.55. The Balaban J connectivity index is 2.29. The zero-order valence-corrected chi connectivity index (χ0v) is 20.9. The lowest BCUT2D eigenvalue weighted by atomic mass is 10.1. The molecule has 33 heavy (non-hydrogen) atoms. The molecule has 0 aliphatic heterocycles. The third kappa shape index (κ3) is 8.49. The van der Waals surface area contributed by atoms with E-state index in [9.17, 15) is 4.79 Å². The minimum absolute atomic E-state index is 0.0903. The number of ether oxygens (including phenoxy) is 3. The largest absolute Gasteiger partial charge is 0.489 e. The van der Waals surface area contributed by atoms with E-state index in [1.165, 1.54) is 11.1 Å². The maximum absolute atomic E-state index is 12.9. The third-order valence-corrected chi connectivity index (χ3v) is 4.86. The highest BCUT2D eigenvalue weighted by molar-refractivity contribution is 5.89. The molecule has 1 aromatic carbocycles. The van der Waals surface area contributed by atoms with E-state index in [1.807, 2.05) is 32.1 Å². The maximum atomic E-state index is 12.9. The molecule has 180 valence electrons. The van der Waals surface area contributed by atoms with Crippen molar-refractivity contribution in [1.29, 1.82) is 0 Å². The summed E-state index contributed by atoms with van der Waals surface area (Å²) in [6.07, 6.45) is 12.0. The number of hydrogen-bond donors (Lipinski definition) is 0. The highest BCUT2D eigenvalue weighted by atomic mass is 16.5. The highest BCUT2D eigenvalue weighted by Gasteiger charge is 2.21. The SMILES string of the molecule is CCC=CCCOc1cccc2c(OC(C)C)c(OC/C=C(\C)CCC=C(C)C)c(=O)oc12. The zero-order chi connectivity index (χ0) is 24.2. The van der Waals surface area contributed by atoms with Gasteiger partial charge in [-0.25, -0.2) is 4.79 Å². The van der Waals surface area contributed by atoms with Crippen molar-refractivity contribution in [1.82, 2.24) is 0 Å². The molecular weight excluding hydrogens is 416 g/mol. The Labute approximate surface area is 197 Å². The van der Waals surface area contributed by atoms with E-state index in [4.69, 9.17) is 18.6 Å². The van der Waals surface area contributed by atoms with Crippen LogP contribution in [-0.4, -0.2) is 19.3 Å². The van der Waals surface area contributed by atoms with Gasteiger partial charge >= 0.3 is 5.63 Å². The van der Waals surface area contributed by atoms with Crippen LogP contribution in [0.15, 0.2) is 62.9 Å². The van der Waals surface area contributed by atoms with Crippen LogP contribution in [0.1, 0.15) is 67.2 Å². The second kappa shape index (κ2) is 13.6. The number of benzene rings is 1. The van der Waals surface area contributed by atoms with Gasteiger partial charge in [-0.15, -0.1) is 0 Å². The molecule has 1 heterocycles. The number of fused-ring (bicyclic) bond motifs is 1. The predicted molar refractivity (Wildman–Crippen MR) is 136 cm³/mol. The van der Waals surface area contributed by atoms with Crippen LogP contribution in [0.5, 0.6) is 17.2 Å². The van der Waals surface area contributed by atoms with Gasteiger partial charge in [0.25, 0.3) is 0 Å². The maximum Gasteiger partial charge on any atom is 0.383 e. The number of hydrogen-bond acceptors (Lipinski definition) is 5. The predicted octanol–water partition coefficient (Wildman–Crippen LogP) is 7.39. The van der Waals surface area contributed by atoms with E-state index in [0.29, 0.717) is 29.1 Å². The molecule has 0 saturated carbocycles. The molecule has 2 rings (SSSR count). The fraction of sp³-hybridized carbons (Fsp3) is 0.464. The van der Waals surface area contributed by atoms with Crippen LogP contribution in [0.3, 0.4) is 0 Å². The molecule has 1 aromatic heterocycles. The van der Waals surface area contributed by atoms with Crippen molar-refractivity contribution in [2.45, 2.75) is 73.3 Å². The molecule has 0 bridgehead atoms. The van der Waals surface area contributed by atoms with Gasteiger partial charge in [0.15, 0.2) is 17.1 Å². The summed E-state index contributed by atoms with van der Waals surface area (Å²) < 4.78 is 23.4. The van der Waals surface area contributed by atoms with Crippen molar-refractivity contribution in [3.05, 3.63) is 64.1 Å². The Morgan fingerprint density at radius 3 is 2.52 bits per heavy atom. The number of para-hydroxylation sites is 1. The van der Waals surface area contributed by atoms with E-state index in [-0.39, 0.29) is 18.5 Å². The Kier molecular flexibility index (Phi) is 10.8. The third-order valence-electron chi connectivity index (χ3n) is 4.86. The van der Waals surface area contributed by atoms with Gasteiger partial charge in [0.1, 0.15) is 6.61 Å². The lowest BCUT2D eigenvalue weighted by Crippen LogP contribution is -2.14. The van der Waals surface area contributed by atoms with Crippen molar-refractivity contribution in [3.8, 4) is 17.2 Å². The normalized spacial score (nSPS) is 11.9. The first-order valence-corrected chi connectivity index (χ1v) is 11.8. The van der Waals surface area contributed by atoms with Crippen molar-refractivity contribution in [3.63, 3.8) is 0 Å². The minimum atomic E-state index is -0.573. The quantitative estimate of drug-likeness (QED) is 0.179. The first kappa shape index (κ1) is 26.3. The molecule has 5 heteroatoms. The first-order valence-electron chi connectivity index (χ1n) is 11.8. The smallest absolute Gasteiger partial charge is 0.383 e. The summed E-state index contributed by atoms with van der Waals surface area (Å²) in [6.45, 7) is 12.9. The molecule has 0 N–H and O–H groups in total. The van der Waals surface area contributed by atoms with Crippen molar-refractivity contribution >= 4 is 11.0 Å². The molecule has 0 saturated heterocycles. The van der Waals surface area contributed by atoms with Crippen LogP contribution in [0, 0.1) is 0 Å². The van der Waals surface area contributed by atoms with Crippen LogP contribution >= 0.6 is 0 Å².